The highest BCUT2D eigenvalue weighted by molar-refractivity contribution is 6.99. The van der Waals surface area contributed by atoms with E-state index in [1.54, 1.807) is 4.90 Å². The van der Waals surface area contributed by atoms with E-state index in [9.17, 15) is 9.59 Å². The monoisotopic (exact) mass is 585 g/mol. The normalized spacial score (nSPS) is 19.8. The Hall–Kier alpha value is -2.61. The molecule has 218 valence electrons. The molecule has 2 aromatic carbocycles. The van der Waals surface area contributed by atoms with Crippen LogP contribution in [0, 0.1) is 0 Å². The molecular weight excluding hydrogens is 542 g/mol. The fourth-order valence-electron chi connectivity index (χ4n) is 5.88. The van der Waals surface area contributed by atoms with E-state index in [1.165, 1.54) is 7.11 Å². The van der Waals surface area contributed by atoms with Crippen LogP contribution >= 0.6 is 11.6 Å². The van der Waals surface area contributed by atoms with Gasteiger partial charge in [-0.05, 0) is 49.0 Å². The van der Waals surface area contributed by atoms with Gasteiger partial charge in [-0.3, -0.25) is 4.90 Å². The summed E-state index contributed by atoms with van der Waals surface area (Å²) in [6.45, 7) is 16.3. The van der Waals surface area contributed by atoms with Crippen molar-refractivity contribution in [1.29, 1.82) is 0 Å². The van der Waals surface area contributed by atoms with Crippen molar-refractivity contribution in [2.24, 2.45) is 0 Å². The van der Waals surface area contributed by atoms with Gasteiger partial charge in [0.2, 0.25) is 0 Å². The number of carbonyl (C=O) groups excluding carboxylic acids is 2. The molecule has 1 heterocycles. The van der Waals surface area contributed by atoms with Gasteiger partial charge in [0, 0.05) is 12.3 Å². The number of hydrogen-bond acceptors (Lipinski definition) is 5. The lowest BCUT2D eigenvalue weighted by Gasteiger charge is -2.45. The summed E-state index contributed by atoms with van der Waals surface area (Å²) in [5, 5.41) is 2.05. The molecule has 1 saturated heterocycles. The van der Waals surface area contributed by atoms with Crippen LogP contribution in [0.5, 0.6) is 0 Å². The Morgan fingerprint density at radius 2 is 1.52 bits per heavy atom. The minimum atomic E-state index is -2.88. The van der Waals surface area contributed by atoms with Crippen LogP contribution in [0.25, 0.3) is 0 Å². The SMILES string of the molecule is C=C(CCl)C[C@]1(C(=O)OC)CC[C@@H](CO[Si](c2ccccc2)(c2ccccc2)C(C)(C)C)N1C(=O)OC(C)(C)C. The Balaban J connectivity index is 2.12. The fraction of sp³-hybridized carbons (Fsp3) is 0.500. The molecule has 2 atom stereocenters. The van der Waals surface area contributed by atoms with Crippen molar-refractivity contribution in [2.75, 3.05) is 19.6 Å². The summed E-state index contributed by atoms with van der Waals surface area (Å²) in [6, 6.07) is 20.3. The van der Waals surface area contributed by atoms with E-state index in [-0.39, 0.29) is 23.9 Å². The predicted octanol–water partition coefficient (Wildman–Crippen LogP) is 6.06. The molecule has 0 spiro atoms. The van der Waals surface area contributed by atoms with Crippen molar-refractivity contribution in [2.45, 2.75) is 83.0 Å². The molecule has 0 bridgehead atoms. The van der Waals surface area contributed by atoms with Crippen molar-refractivity contribution >= 4 is 42.4 Å². The molecule has 8 heteroatoms. The zero-order valence-corrected chi connectivity index (χ0v) is 26.7. The zero-order valence-electron chi connectivity index (χ0n) is 25.0. The van der Waals surface area contributed by atoms with E-state index in [2.05, 4.69) is 51.6 Å². The van der Waals surface area contributed by atoms with Gasteiger partial charge in [-0.2, -0.15) is 0 Å². The van der Waals surface area contributed by atoms with Crippen molar-refractivity contribution in [3.05, 3.63) is 72.8 Å². The topological polar surface area (TPSA) is 65.1 Å². The van der Waals surface area contributed by atoms with Gasteiger partial charge in [0.15, 0.2) is 0 Å². The number of methoxy groups -OCH3 is 1. The second kappa shape index (κ2) is 12.5. The average Bonchev–Trinajstić information content (AvgIpc) is 3.27. The van der Waals surface area contributed by atoms with Gasteiger partial charge in [0.25, 0.3) is 8.32 Å². The van der Waals surface area contributed by atoms with Crippen LogP contribution in [0.4, 0.5) is 4.79 Å². The van der Waals surface area contributed by atoms with Gasteiger partial charge in [-0.1, -0.05) is 93.6 Å². The number of ether oxygens (including phenoxy) is 2. The number of esters is 1. The quantitative estimate of drug-likeness (QED) is 0.155. The number of likely N-dealkylation sites (tertiary alicyclic amines) is 1. The van der Waals surface area contributed by atoms with Gasteiger partial charge in [0.05, 0.1) is 19.8 Å². The van der Waals surface area contributed by atoms with Gasteiger partial charge in [-0.15, -0.1) is 11.6 Å². The Morgan fingerprint density at radius 1 is 1.00 bits per heavy atom. The summed E-state index contributed by atoms with van der Waals surface area (Å²) in [4.78, 5) is 28.8. The second-order valence-corrected chi connectivity index (χ2v) is 17.2. The van der Waals surface area contributed by atoms with E-state index in [4.69, 9.17) is 25.5 Å². The summed E-state index contributed by atoms with van der Waals surface area (Å²) >= 11 is 6.11. The maximum atomic E-state index is 13.8. The number of nitrogens with zero attached hydrogens (tertiary/aromatic N) is 1. The molecule has 6 nitrogen and oxygen atoms in total. The van der Waals surface area contributed by atoms with Crippen LogP contribution in [-0.2, 0) is 18.7 Å². The molecule has 0 unspecified atom stereocenters. The summed E-state index contributed by atoms with van der Waals surface area (Å²) in [5.41, 5.74) is -1.38. The van der Waals surface area contributed by atoms with Crippen molar-refractivity contribution in [1.82, 2.24) is 4.90 Å². The van der Waals surface area contributed by atoms with Gasteiger partial charge in [-0.25, -0.2) is 9.59 Å². The molecule has 0 saturated carbocycles. The van der Waals surface area contributed by atoms with Crippen molar-refractivity contribution in [3.63, 3.8) is 0 Å². The first kappa shape index (κ1) is 31.9. The van der Waals surface area contributed by atoms with Crippen molar-refractivity contribution in [3.8, 4) is 0 Å². The minimum Gasteiger partial charge on any atom is -0.467 e. The van der Waals surface area contributed by atoms with E-state index in [0.29, 0.717) is 18.4 Å². The first-order chi connectivity index (χ1) is 18.7. The Kier molecular flexibility index (Phi) is 9.97. The third kappa shape index (κ3) is 6.48. The summed E-state index contributed by atoms with van der Waals surface area (Å²) in [5.74, 6) is -0.331. The van der Waals surface area contributed by atoms with Crippen LogP contribution in [0.1, 0.15) is 60.8 Å². The average molecular weight is 586 g/mol. The molecule has 1 fully saturated rings. The Morgan fingerprint density at radius 3 is 1.95 bits per heavy atom. The minimum absolute atomic E-state index is 0.171. The molecule has 0 N–H and O–H groups in total. The second-order valence-electron chi connectivity index (χ2n) is 12.6. The van der Waals surface area contributed by atoms with E-state index >= 15 is 0 Å². The predicted molar refractivity (Wildman–Crippen MR) is 164 cm³/mol. The summed E-state index contributed by atoms with van der Waals surface area (Å²) < 4.78 is 18.3. The van der Waals surface area contributed by atoms with Crippen LogP contribution in [0.2, 0.25) is 5.04 Å². The molecule has 1 aliphatic heterocycles. The molecular formula is C32H44ClNO5Si. The lowest BCUT2D eigenvalue weighted by Crippen LogP contribution is -2.67. The number of carbonyl (C=O) groups is 2. The summed E-state index contributed by atoms with van der Waals surface area (Å²) in [6.07, 6.45) is 0.554. The Labute approximate surface area is 245 Å². The third-order valence-electron chi connectivity index (χ3n) is 7.51. The van der Waals surface area contributed by atoms with Crippen molar-refractivity contribution < 1.29 is 23.5 Å². The van der Waals surface area contributed by atoms with Crippen LogP contribution in [0.3, 0.4) is 0 Å². The van der Waals surface area contributed by atoms with Crippen LogP contribution in [0.15, 0.2) is 72.8 Å². The number of hydrogen-bond donors (Lipinski definition) is 0. The maximum Gasteiger partial charge on any atom is 0.411 e. The molecule has 1 amide bonds. The van der Waals surface area contributed by atoms with Gasteiger partial charge < -0.3 is 13.9 Å². The molecule has 0 radical (unpaired) electrons. The number of amides is 1. The van der Waals surface area contributed by atoms with E-state index < -0.39 is 37.6 Å². The van der Waals surface area contributed by atoms with E-state index in [0.717, 1.165) is 10.4 Å². The zero-order chi connectivity index (χ0) is 29.8. The number of benzene rings is 2. The lowest BCUT2D eigenvalue weighted by molar-refractivity contribution is -0.154. The maximum absolute atomic E-state index is 13.8. The lowest BCUT2D eigenvalue weighted by atomic mass is 9.89. The molecule has 3 rings (SSSR count). The van der Waals surface area contributed by atoms with Crippen LogP contribution in [-0.4, -0.2) is 62.1 Å². The van der Waals surface area contributed by atoms with Gasteiger partial charge >= 0.3 is 12.1 Å². The molecule has 0 aromatic heterocycles. The largest absolute Gasteiger partial charge is 0.467 e. The van der Waals surface area contributed by atoms with Crippen LogP contribution < -0.4 is 10.4 Å². The number of alkyl halides is 1. The summed E-state index contributed by atoms with van der Waals surface area (Å²) in [7, 11) is -1.54. The Bertz CT molecular complexity index is 1140. The highest BCUT2D eigenvalue weighted by Crippen LogP contribution is 2.43. The number of rotatable bonds is 9. The molecule has 2 aromatic rings. The smallest absolute Gasteiger partial charge is 0.411 e. The first-order valence-electron chi connectivity index (χ1n) is 13.8. The highest BCUT2D eigenvalue weighted by Gasteiger charge is 2.57. The highest BCUT2D eigenvalue weighted by atomic mass is 35.5. The fourth-order valence-corrected chi connectivity index (χ4v) is 10.6. The molecule has 1 aliphatic rings. The molecule has 0 aliphatic carbocycles. The molecule has 40 heavy (non-hydrogen) atoms. The van der Waals surface area contributed by atoms with Gasteiger partial charge in [0.1, 0.15) is 11.1 Å². The van der Waals surface area contributed by atoms with E-state index in [1.807, 2.05) is 57.2 Å². The first-order valence-corrected chi connectivity index (χ1v) is 16.2. The number of halogens is 1. The third-order valence-corrected chi connectivity index (χ3v) is 12.9. The standard InChI is InChI=1S/C32H44ClNO5Si/c1-24(22-33)21-32(28(35)37-8)20-19-25(34(32)29(36)39-30(2,3)4)23-38-40(31(5,6)7,26-15-11-9-12-16-26)27-17-13-10-14-18-27/h9-18,25H,1,19-23H2,2-8H3/t25-,32-/m0/s1.